The van der Waals surface area contributed by atoms with Gasteiger partial charge in [0.05, 0.1) is 12.6 Å². The molecule has 0 aromatic carbocycles. The van der Waals surface area contributed by atoms with Crippen LogP contribution in [0.4, 0.5) is 0 Å². The van der Waals surface area contributed by atoms with Gasteiger partial charge in [-0.05, 0) is 102 Å². The van der Waals surface area contributed by atoms with Crippen molar-refractivity contribution in [2.24, 2.45) is 16.9 Å². The van der Waals surface area contributed by atoms with E-state index < -0.39 is 16.6 Å². The SMILES string of the molecule is COC[C@@H]1CCCN1N=C1[C@H](CCCO[Si](C)(C)C)CCC[C@H]1CCCO[Si](C)(C)C. The number of hydrazone groups is 1. The lowest BCUT2D eigenvalue weighted by Gasteiger charge is -2.34. The fourth-order valence-electron chi connectivity index (χ4n) is 4.87. The number of rotatable bonds is 13. The van der Waals surface area contributed by atoms with Crippen molar-refractivity contribution in [3.63, 3.8) is 0 Å². The largest absolute Gasteiger partial charge is 0.418 e. The van der Waals surface area contributed by atoms with Crippen molar-refractivity contribution in [3.05, 3.63) is 0 Å². The summed E-state index contributed by atoms with van der Waals surface area (Å²) in [5.74, 6) is 1.23. The Bertz CT molecular complexity index is 514. The first kappa shape index (κ1) is 27.0. The van der Waals surface area contributed by atoms with Gasteiger partial charge >= 0.3 is 0 Å². The van der Waals surface area contributed by atoms with Crippen LogP contribution in [0.5, 0.6) is 0 Å². The molecule has 0 bridgehead atoms. The topological polar surface area (TPSA) is 43.3 Å². The molecular formula is C24H50N2O3Si2. The lowest BCUT2D eigenvalue weighted by atomic mass is 9.75. The molecule has 1 aliphatic heterocycles. The molecule has 0 aromatic rings. The van der Waals surface area contributed by atoms with Gasteiger partial charge in [0.2, 0.25) is 0 Å². The fourth-order valence-corrected chi connectivity index (χ4v) is 6.38. The van der Waals surface area contributed by atoms with Crippen molar-refractivity contribution in [2.45, 2.75) is 103 Å². The van der Waals surface area contributed by atoms with E-state index in [4.69, 9.17) is 18.7 Å². The fraction of sp³-hybridized carbons (Fsp3) is 0.958. The van der Waals surface area contributed by atoms with Crippen LogP contribution in [0.3, 0.4) is 0 Å². The second-order valence-corrected chi connectivity index (χ2v) is 20.5. The molecule has 1 saturated carbocycles. The minimum atomic E-state index is -1.42. The molecule has 31 heavy (non-hydrogen) atoms. The highest BCUT2D eigenvalue weighted by Crippen LogP contribution is 2.34. The van der Waals surface area contributed by atoms with E-state index in [1.165, 1.54) is 50.7 Å². The molecule has 0 unspecified atom stereocenters. The summed E-state index contributed by atoms with van der Waals surface area (Å²) in [7, 11) is -1.03. The Hall–Kier alpha value is -0.216. The van der Waals surface area contributed by atoms with Crippen molar-refractivity contribution < 1.29 is 13.6 Å². The van der Waals surface area contributed by atoms with E-state index in [-0.39, 0.29) is 0 Å². The maximum absolute atomic E-state index is 6.14. The summed E-state index contributed by atoms with van der Waals surface area (Å²) < 4.78 is 17.8. The summed E-state index contributed by atoms with van der Waals surface area (Å²) in [5, 5.41) is 7.72. The van der Waals surface area contributed by atoms with Gasteiger partial charge in [0, 0.05) is 32.6 Å². The van der Waals surface area contributed by atoms with Crippen LogP contribution in [-0.2, 0) is 13.6 Å². The summed E-state index contributed by atoms with van der Waals surface area (Å²) in [5.41, 5.74) is 1.48. The minimum absolute atomic E-state index is 0.450. The molecule has 3 atom stereocenters. The average Bonchev–Trinajstić information content (AvgIpc) is 3.10. The van der Waals surface area contributed by atoms with Crippen LogP contribution in [0.2, 0.25) is 39.3 Å². The summed E-state index contributed by atoms with van der Waals surface area (Å²) >= 11 is 0. The van der Waals surface area contributed by atoms with E-state index in [1.54, 1.807) is 0 Å². The number of methoxy groups -OCH3 is 1. The van der Waals surface area contributed by atoms with Crippen LogP contribution in [0.1, 0.15) is 57.8 Å². The Morgan fingerprint density at radius 3 is 1.87 bits per heavy atom. The van der Waals surface area contributed by atoms with Gasteiger partial charge in [-0.25, -0.2) is 0 Å². The molecule has 0 amide bonds. The molecule has 1 aliphatic carbocycles. The molecule has 0 spiro atoms. The van der Waals surface area contributed by atoms with Gasteiger partial charge in [-0.15, -0.1) is 0 Å². The van der Waals surface area contributed by atoms with Crippen LogP contribution < -0.4 is 0 Å². The van der Waals surface area contributed by atoms with Crippen LogP contribution >= 0.6 is 0 Å². The Balaban J connectivity index is 2.03. The highest BCUT2D eigenvalue weighted by Gasteiger charge is 2.32. The van der Waals surface area contributed by atoms with Gasteiger partial charge in [0.15, 0.2) is 16.6 Å². The van der Waals surface area contributed by atoms with Gasteiger partial charge in [-0.1, -0.05) is 6.42 Å². The Labute approximate surface area is 194 Å². The zero-order valence-corrected chi connectivity index (χ0v) is 23.5. The molecule has 7 heteroatoms. The second-order valence-electron chi connectivity index (χ2n) is 11.5. The normalized spacial score (nSPS) is 25.3. The molecule has 1 heterocycles. The predicted octanol–water partition coefficient (Wildman–Crippen LogP) is 6.13. The van der Waals surface area contributed by atoms with Crippen LogP contribution in [0, 0.1) is 11.8 Å². The Morgan fingerprint density at radius 1 is 0.839 bits per heavy atom. The standard InChI is InChI=1S/C24H50N2O3Si2/c1-27-20-23-16-9-17-26(23)25-24-21(14-10-18-28-30(2,3)4)12-8-13-22(24)15-11-19-29-31(5,6)7/h21-23H,8-20H2,1-7H3/t21-,22-,23-/m0/s1. The van der Waals surface area contributed by atoms with Gasteiger partial charge < -0.3 is 13.6 Å². The molecule has 2 fully saturated rings. The number of hydrogen-bond acceptors (Lipinski definition) is 5. The first-order valence-corrected chi connectivity index (χ1v) is 19.5. The minimum Gasteiger partial charge on any atom is -0.418 e. The third-order valence-corrected chi connectivity index (χ3v) is 8.50. The van der Waals surface area contributed by atoms with Crippen LogP contribution in [-0.4, -0.2) is 66.9 Å². The summed E-state index contributed by atoms with van der Waals surface area (Å²) in [6.07, 6.45) is 11.1. The lowest BCUT2D eigenvalue weighted by molar-refractivity contribution is 0.116. The third kappa shape index (κ3) is 10.5. The molecule has 0 N–H and O–H groups in total. The average molecular weight is 471 g/mol. The zero-order chi connectivity index (χ0) is 22.9. The Morgan fingerprint density at radius 2 is 1.39 bits per heavy atom. The second kappa shape index (κ2) is 12.9. The van der Waals surface area contributed by atoms with Crippen molar-refractivity contribution in [1.29, 1.82) is 0 Å². The molecule has 0 aromatic heterocycles. The smallest absolute Gasteiger partial charge is 0.183 e. The number of ether oxygens (including phenoxy) is 1. The first-order chi connectivity index (χ1) is 14.6. The molecule has 2 aliphatic rings. The van der Waals surface area contributed by atoms with Crippen molar-refractivity contribution >= 4 is 22.3 Å². The van der Waals surface area contributed by atoms with E-state index in [0.717, 1.165) is 39.2 Å². The maximum Gasteiger partial charge on any atom is 0.183 e. The van der Waals surface area contributed by atoms with E-state index in [1.807, 2.05) is 7.11 Å². The monoisotopic (exact) mass is 470 g/mol. The van der Waals surface area contributed by atoms with Gasteiger partial charge in [-0.2, -0.15) is 5.10 Å². The van der Waals surface area contributed by atoms with Crippen LogP contribution in [0.25, 0.3) is 0 Å². The van der Waals surface area contributed by atoms with Crippen molar-refractivity contribution in [2.75, 3.05) is 33.5 Å². The van der Waals surface area contributed by atoms with E-state index in [2.05, 4.69) is 44.3 Å². The highest BCUT2D eigenvalue weighted by molar-refractivity contribution is 6.70. The Kier molecular flexibility index (Phi) is 11.2. The number of nitrogens with zero attached hydrogens (tertiary/aromatic N) is 2. The maximum atomic E-state index is 6.14. The van der Waals surface area contributed by atoms with Gasteiger partial charge in [0.1, 0.15) is 0 Å². The molecule has 0 radical (unpaired) electrons. The summed E-state index contributed by atoms with van der Waals surface area (Å²) in [6.45, 7) is 17.4. The highest BCUT2D eigenvalue weighted by atomic mass is 28.4. The quantitative estimate of drug-likeness (QED) is 0.240. The van der Waals surface area contributed by atoms with Crippen LogP contribution in [0.15, 0.2) is 5.10 Å². The van der Waals surface area contributed by atoms with Crippen molar-refractivity contribution in [1.82, 2.24) is 5.01 Å². The predicted molar refractivity (Wildman–Crippen MR) is 137 cm³/mol. The zero-order valence-electron chi connectivity index (χ0n) is 21.5. The van der Waals surface area contributed by atoms with Gasteiger partial charge in [-0.3, -0.25) is 5.01 Å². The number of hydrogen-bond donors (Lipinski definition) is 0. The molecule has 5 nitrogen and oxygen atoms in total. The lowest BCUT2D eigenvalue weighted by Crippen LogP contribution is -2.36. The first-order valence-electron chi connectivity index (χ1n) is 12.7. The van der Waals surface area contributed by atoms with Crippen molar-refractivity contribution in [3.8, 4) is 0 Å². The van der Waals surface area contributed by atoms with E-state index in [0.29, 0.717) is 17.9 Å². The molecular weight excluding hydrogens is 420 g/mol. The molecule has 182 valence electrons. The van der Waals surface area contributed by atoms with E-state index >= 15 is 0 Å². The van der Waals surface area contributed by atoms with Gasteiger partial charge in [0.25, 0.3) is 0 Å². The van der Waals surface area contributed by atoms with E-state index in [9.17, 15) is 0 Å². The molecule has 1 saturated heterocycles. The third-order valence-electron chi connectivity index (χ3n) is 6.35. The molecule has 2 rings (SSSR count). The summed E-state index contributed by atoms with van der Waals surface area (Å²) in [6, 6.07) is 0.450. The summed E-state index contributed by atoms with van der Waals surface area (Å²) in [4.78, 5) is 0.